The topological polar surface area (TPSA) is 84.5 Å². The average molecular weight is 370 g/mol. The molecule has 3 N–H and O–H groups in total. The van der Waals surface area contributed by atoms with Crippen molar-refractivity contribution < 1.29 is 14.3 Å². The van der Waals surface area contributed by atoms with Gasteiger partial charge in [0.05, 0.1) is 31.8 Å². The van der Waals surface area contributed by atoms with Crippen LogP contribution in [0.1, 0.15) is 32.1 Å². The molecule has 1 saturated carbocycles. The summed E-state index contributed by atoms with van der Waals surface area (Å²) in [7, 11) is 3.22. The molecule has 1 aromatic heterocycles. The second-order valence-electron chi connectivity index (χ2n) is 6.56. The molecule has 0 atom stereocenters. The maximum Gasteiger partial charge on any atom is 0.320 e. The molecular weight excluding hydrogens is 344 g/mol. The second kappa shape index (κ2) is 9.12. The van der Waals surface area contributed by atoms with E-state index in [2.05, 4.69) is 20.9 Å². The third kappa shape index (κ3) is 5.26. The van der Waals surface area contributed by atoms with Crippen LogP contribution in [0, 0.1) is 0 Å². The molecule has 7 heteroatoms. The fourth-order valence-corrected chi connectivity index (χ4v) is 3.18. The van der Waals surface area contributed by atoms with Crippen LogP contribution in [0.3, 0.4) is 0 Å². The third-order valence-electron chi connectivity index (χ3n) is 4.63. The molecule has 0 bridgehead atoms. The number of anilines is 3. The third-order valence-corrected chi connectivity index (χ3v) is 4.63. The van der Waals surface area contributed by atoms with E-state index in [0.717, 1.165) is 30.0 Å². The van der Waals surface area contributed by atoms with Crippen LogP contribution in [0.25, 0.3) is 0 Å². The number of urea groups is 1. The first-order valence-corrected chi connectivity index (χ1v) is 9.20. The molecule has 1 aliphatic rings. The molecule has 7 nitrogen and oxygen atoms in total. The predicted octanol–water partition coefficient (Wildman–Crippen LogP) is 4.30. The summed E-state index contributed by atoms with van der Waals surface area (Å²) in [6.45, 7) is 0. The van der Waals surface area contributed by atoms with Gasteiger partial charge in [-0.1, -0.05) is 19.3 Å². The fraction of sp³-hybridized carbons (Fsp3) is 0.400. The summed E-state index contributed by atoms with van der Waals surface area (Å²) >= 11 is 0. The molecule has 144 valence electrons. The summed E-state index contributed by atoms with van der Waals surface area (Å²) in [5.74, 6) is 1.90. The summed E-state index contributed by atoms with van der Waals surface area (Å²) in [6, 6.07) is 9.22. The maximum absolute atomic E-state index is 12.1. The number of nitrogens with one attached hydrogen (secondary N) is 3. The first kappa shape index (κ1) is 18.8. The lowest BCUT2D eigenvalue weighted by atomic mass is 9.96. The Morgan fingerprint density at radius 3 is 2.56 bits per heavy atom. The quantitative estimate of drug-likeness (QED) is 0.706. The Hall–Kier alpha value is -2.96. The minimum atomic E-state index is -0.202. The second-order valence-corrected chi connectivity index (χ2v) is 6.56. The van der Waals surface area contributed by atoms with Gasteiger partial charge in [-0.25, -0.2) is 9.78 Å². The standard InChI is InChI=1S/C20H26N4O3/c1-26-16-9-10-17(18(12-16)27-2)22-15-8-11-19(21-13-15)24-20(25)23-14-6-4-3-5-7-14/h8-14,22H,3-7H2,1-2H3,(H2,21,23,24,25). The Bertz CT molecular complexity index is 758. The number of benzene rings is 1. The summed E-state index contributed by atoms with van der Waals surface area (Å²) in [4.78, 5) is 16.4. The Kier molecular flexibility index (Phi) is 6.35. The molecule has 0 aliphatic heterocycles. The van der Waals surface area contributed by atoms with Gasteiger partial charge in [-0.05, 0) is 37.1 Å². The van der Waals surface area contributed by atoms with Crippen molar-refractivity contribution in [3.8, 4) is 11.5 Å². The lowest BCUT2D eigenvalue weighted by Crippen LogP contribution is -2.39. The van der Waals surface area contributed by atoms with E-state index < -0.39 is 0 Å². The molecule has 0 radical (unpaired) electrons. The van der Waals surface area contributed by atoms with Crippen molar-refractivity contribution in [1.82, 2.24) is 10.3 Å². The van der Waals surface area contributed by atoms with Gasteiger partial charge in [0, 0.05) is 12.1 Å². The molecule has 3 rings (SSSR count). The SMILES string of the molecule is COc1ccc(Nc2ccc(NC(=O)NC3CCCCC3)nc2)c(OC)c1. The highest BCUT2D eigenvalue weighted by molar-refractivity contribution is 5.88. The van der Waals surface area contributed by atoms with E-state index in [0.29, 0.717) is 11.6 Å². The smallest absolute Gasteiger partial charge is 0.320 e. The van der Waals surface area contributed by atoms with E-state index in [1.165, 1.54) is 19.3 Å². The van der Waals surface area contributed by atoms with Gasteiger partial charge < -0.3 is 20.1 Å². The van der Waals surface area contributed by atoms with Crippen LogP contribution in [0.2, 0.25) is 0 Å². The van der Waals surface area contributed by atoms with Crippen molar-refractivity contribution in [2.24, 2.45) is 0 Å². The number of hydrogen-bond donors (Lipinski definition) is 3. The lowest BCUT2D eigenvalue weighted by molar-refractivity contribution is 0.244. The largest absolute Gasteiger partial charge is 0.497 e. The van der Waals surface area contributed by atoms with E-state index in [-0.39, 0.29) is 12.1 Å². The molecule has 1 heterocycles. The van der Waals surface area contributed by atoms with Gasteiger partial charge in [-0.15, -0.1) is 0 Å². The van der Waals surface area contributed by atoms with Crippen molar-refractivity contribution >= 4 is 23.2 Å². The minimum Gasteiger partial charge on any atom is -0.497 e. The van der Waals surface area contributed by atoms with E-state index in [4.69, 9.17) is 9.47 Å². The number of carbonyl (C=O) groups is 1. The zero-order valence-electron chi connectivity index (χ0n) is 15.7. The Morgan fingerprint density at radius 1 is 1.07 bits per heavy atom. The van der Waals surface area contributed by atoms with E-state index >= 15 is 0 Å². The molecule has 0 spiro atoms. The highest BCUT2D eigenvalue weighted by Crippen LogP contribution is 2.31. The summed E-state index contributed by atoms with van der Waals surface area (Å²) in [5.41, 5.74) is 1.59. The van der Waals surface area contributed by atoms with E-state index in [1.807, 2.05) is 18.2 Å². The number of methoxy groups -OCH3 is 2. The predicted molar refractivity (Wildman–Crippen MR) is 106 cm³/mol. The highest BCUT2D eigenvalue weighted by atomic mass is 16.5. The Labute approximate surface area is 159 Å². The molecule has 1 fully saturated rings. The van der Waals surface area contributed by atoms with Crippen molar-refractivity contribution in [3.63, 3.8) is 0 Å². The van der Waals surface area contributed by atoms with E-state index in [1.54, 1.807) is 32.5 Å². The molecule has 2 aromatic rings. The Morgan fingerprint density at radius 2 is 1.89 bits per heavy atom. The van der Waals surface area contributed by atoms with Gasteiger partial charge >= 0.3 is 6.03 Å². The average Bonchev–Trinajstić information content (AvgIpc) is 2.70. The Balaban J connectivity index is 1.57. The molecular formula is C20H26N4O3. The summed E-state index contributed by atoms with van der Waals surface area (Å²) < 4.78 is 10.6. The number of nitrogens with zero attached hydrogens (tertiary/aromatic N) is 1. The van der Waals surface area contributed by atoms with Gasteiger partial charge in [0.15, 0.2) is 0 Å². The van der Waals surface area contributed by atoms with Crippen LogP contribution in [-0.4, -0.2) is 31.3 Å². The van der Waals surface area contributed by atoms with Crippen LogP contribution in [0.15, 0.2) is 36.5 Å². The lowest BCUT2D eigenvalue weighted by Gasteiger charge is -2.22. The van der Waals surface area contributed by atoms with Crippen LogP contribution >= 0.6 is 0 Å². The monoisotopic (exact) mass is 370 g/mol. The number of aromatic nitrogens is 1. The molecule has 1 aliphatic carbocycles. The fourth-order valence-electron chi connectivity index (χ4n) is 3.18. The van der Waals surface area contributed by atoms with Crippen molar-refractivity contribution in [3.05, 3.63) is 36.5 Å². The van der Waals surface area contributed by atoms with Crippen LogP contribution < -0.4 is 25.4 Å². The number of hydrogen-bond acceptors (Lipinski definition) is 5. The number of rotatable bonds is 6. The van der Waals surface area contributed by atoms with E-state index in [9.17, 15) is 4.79 Å². The van der Waals surface area contributed by atoms with Gasteiger partial charge in [-0.3, -0.25) is 5.32 Å². The first-order chi connectivity index (χ1) is 13.2. The molecule has 1 aromatic carbocycles. The van der Waals surface area contributed by atoms with Crippen LogP contribution in [0.5, 0.6) is 11.5 Å². The van der Waals surface area contributed by atoms with Gasteiger partial charge in [0.1, 0.15) is 17.3 Å². The zero-order valence-corrected chi connectivity index (χ0v) is 15.7. The minimum absolute atomic E-state index is 0.202. The molecule has 2 amide bonds. The molecule has 0 unspecified atom stereocenters. The van der Waals surface area contributed by atoms with Gasteiger partial charge in [0.2, 0.25) is 0 Å². The number of ether oxygens (including phenoxy) is 2. The van der Waals surface area contributed by atoms with Crippen LogP contribution in [-0.2, 0) is 0 Å². The first-order valence-electron chi connectivity index (χ1n) is 9.20. The van der Waals surface area contributed by atoms with Crippen molar-refractivity contribution in [2.45, 2.75) is 38.1 Å². The summed E-state index contributed by atoms with van der Waals surface area (Å²) in [6.07, 6.45) is 7.38. The maximum atomic E-state index is 12.1. The normalized spacial score (nSPS) is 14.3. The van der Waals surface area contributed by atoms with Crippen molar-refractivity contribution in [2.75, 3.05) is 24.9 Å². The van der Waals surface area contributed by atoms with Gasteiger partial charge in [0.25, 0.3) is 0 Å². The molecule has 0 saturated heterocycles. The highest BCUT2D eigenvalue weighted by Gasteiger charge is 2.15. The van der Waals surface area contributed by atoms with Crippen molar-refractivity contribution in [1.29, 1.82) is 0 Å². The number of carbonyl (C=O) groups excluding carboxylic acids is 1. The molecule has 27 heavy (non-hydrogen) atoms. The summed E-state index contributed by atoms with van der Waals surface area (Å²) in [5, 5.41) is 9.05. The zero-order chi connectivity index (χ0) is 19.1. The number of amides is 2. The number of pyridine rings is 1. The van der Waals surface area contributed by atoms with Gasteiger partial charge in [-0.2, -0.15) is 0 Å². The van der Waals surface area contributed by atoms with Crippen LogP contribution in [0.4, 0.5) is 22.0 Å².